The van der Waals surface area contributed by atoms with E-state index in [1.54, 1.807) is 6.20 Å². The number of anilines is 2. The number of fused-ring (bicyclic) bond motifs is 4. The highest BCUT2D eigenvalue weighted by Crippen LogP contribution is 2.42. The van der Waals surface area contributed by atoms with E-state index < -0.39 is 0 Å². The second-order valence-corrected chi connectivity index (χ2v) is 6.29. The molecule has 4 N–H and O–H groups in total. The van der Waals surface area contributed by atoms with Crippen LogP contribution < -0.4 is 16.2 Å². The molecule has 0 bridgehead atoms. The van der Waals surface area contributed by atoms with Crippen molar-refractivity contribution in [3.8, 4) is 11.4 Å². The topological polar surface area (TPSA) is 105 Å². The maximum atomic E-state index is 6.11. The van der Waals surface area contributed by atoms with E-state index in [4.69, 9.17) is 16.2 Å². The van der Waals surface area contributed by atoms with Crippen LogP contribution in [0.15, 0.2) is 36.7 Å². The monoisotopic (exact) mass is 332 g/mol. The van der Waals surface area contributed by atoms with Crippen LogP contribution in [-0.4, -0.2) is 25.6 Å². The summed E-state index contributed by atoms with van der Waals surface area (Å²) in [6.07, 6.45) is 4.66. The molecule has 1 aliphatic rings. The van der Waals surface area contributed by atoms with Gasteiger partial charge in [-0.05, 0) is 31.2 Å². The zero-order chi connectivity index (χ0) is 17.1. The summed E-state index contributed by atoms with van der Waals surface area (Å²) in [4.78, 5) is 12.9. The maximum Gasteiger partial charge on any atom is 0.222 e. The van der Waals surface area contributed by atoms with E-state index in [2.05, 4.69) is 19.5 Å². The highest BCUT2D eigenvalue weighted by atomic mass is 16.5. The number of benzene rings is 1. The lowest BCUT2D eigenvalue weighted by Gasteiger charge is -2.14. The predicted octanol–water partition coefficient (Wildman–Crippen LogP) is 2.46. The molecule has 0 amide bonds. The Bertz CT molecular complexity index is 1150. The molecule has 7 heteroatoms. The Hall–Kier alpha value is -3.35. The van der Waals surface area contributed by atoms with Gasteiger partial charge in [0.25, 0.3) is 0 Å². The molecule has 0 fully saturated rings. The first-order valence-corrected chi connectivity index (χ1v) is 8.09. The van der Waals surface area contributed by atoms with Crippen LogP contribution in [0, 0.1) is 0 Å². The van der Waals surface area contributed by atoms with Crippen LogP contribution in [0.1, 0.15) is 12.5 Å². The summed E-state index contributed by atoms with van der Waals surface area (Å²) in [5.74, 6) is 1.25. The second-order valence-electron chi connectivity index (χ2n) is 6.29. The van der Waals surface area contributed by atoms with Crippen LogP contribution in [0.25, 0.3) is 27.6 Å². The fourth-order valence-corrected chi connectivity index (χ4v) is 3.58. The third-order valence-corrected chi connectivity index (χ3v) is 4.59. The average Bonchev–Trinajstić information content (AvgIpc) is 3.16. The van der Waals surface area contributed by atoms with E-state index in [-0.39, 0.29) is 12.1 Å². The van der Waals surface area contributed by atoms with Crippen LogP contribution in [0.4, 0.5) is 11.8 Å². The molecule has 0 saturated heterocycles. The first kappa shape index (κ1) is 14.0. The minimum Gasteiger partial charge on any atom is -0.489 e. The summed E-state index contributed by atoms with van der Waals surface area (Å²) in [5.41, 5.74) is 16.6. The van der Waals surface area contributed by atoms with Crippen molar-refractivity contribution >= 4 is 33.7 Å². The molecule has 25 heavy (non-hydrogen) atoms. The largest absolute Gasteiger partial charge is 0.489 e. The van der Waals surface area contributed by atoms with Crippen molar-refractivity contribution in [3.05, 3.63) is 42.2 Å². The quantitative estimate of drug-likeness (QED) is 0.555. The van der Waals surface area contributed by atoms with Gasteiger partial charge in [0, 0.05) is 24.4 Å². The van der Waals surface area contributed by atoms with Gasteiger partial charge in [-0.2, -0.15) is 4.98 Å². The molecule has 1 atom stereocenters. The van der Waals surface area contributed by atoms with Gasteiger partial charge in [0.1, 0.15) is 17.7 Å². The maximum absolute atomic E-state index is 6.11. The number of nitrogens with two attached hydrogens (primary N) is 2. The van der Waals surface area contributed by atoms with Gasteiger partial charge in [-0.3, -0.25) is 4.98 Å². The Morgan fingerprint density at radius 2 is 2.08 bits per heavy atom. The predicted molar refractivity (Wildman–Crippen MR) is 96.8 cm³/mol. The lowest BCUT2D eigenvalue weighted by Crippen LogP contribution is -2.06. The Morgan fingerprint density at radius 3 is 2.96 bits per heavy atom. The molecule has 124 valence electrons. The van der Waals surface area contributed by atoms with E-state index in [1.807, 2.05) is 37.4 Å². The summed E-state index contributed by atoms with van der Waals surface area (Å²) < 4.78 is 8.17. The Kier molecular flexibility index (Phi) is 2.71. The van der Waals surface area contributed by atoms with Crippen molar-refractivity contribution in [2.75, 3.05) is 11.5 Å². The SMILES string of the molecule is CC1Cc2c(-n3ccc4ncccc43)cc3nc(N)nc(N)c3c2O1. The van der Waals surface area contributed by atoms with Crippen LogP contribution in [-0.2, 0) is 6.42 Å². The minimum atomic E-state index is 0.0660. The third-order valence-electron chi connectivity index (χ3n) is 4.59. The summed E-state index contributed by atoms with van der Waals surface area (Å²) in [5, 5.41) is 0.729. The molecule has 0 spiro atoms. The van der Waals surface area contributed by atoms with E-state index in [1.165, 1.54) is 0 Å². The molecule has 4 aromatic rings. The molecule has 1 aromatic carbocycles. The standard InChI is InChI=1S/C18H16N6O/c1-9-7-10-14(24-6-4-11-13(24)3-2-5-21-11)8-12-15(16(10)25-9)17(19)23-18(20)22-12/h2-6,8-9H,7H2,1H3,(H4,19,20,22,23). The Balaban J connectivity index is 1.89. The van der Waals surface area contributed by atoms with E-state index in [0.717, 1.165) is 39.8 Å². The van der Waals surface area contributed by atoms with Gasteiger partial charge in [0.05, 0.1) is 27.6 Å². The van der Waals surface area contributed by atoms with E-state index >= 15 is 0 Å². The highest BCUT2D eigenvalue weighted by molar-refractivity contribution is 5.98. The number of rotatable bonds is 1. The van der Waals surface area contributed by atoms with Crippen LogP contribution in [0.2, 0.25) is 0 Å². The molecule has 7 nitrogen and oxygen atoms in total. The molecule has 0 radical (unpaired) electrons. The van der Waals surface area contributed by atoms with Crippen molar-refractivity contribution in [1.29, 1.82) is 0 Å². The number of nitrogen functional groups attached to an aromatic ring is 2. The number of nitrogens with zero attached hydrogens (tertiary/aromatic N) is 4. The molecule has 5 rings (SSSR count). The van der Waals surface area contributed by atoms with E-state index in [0.29, 0.717) is 11.3 Å². The Labute approximate surface area is 143 Å². The highest BCUT2D eigenvalue weighted by Gasteiger charge is 2.28. The lowest BCUT2D eigenvalue weighted by atomic mass is 10.0. The molecule has 0 saturated carbocycles. The van der Waals surface area contributed by atoms with Gasteiger partial charge in [-0.1, -0.05) is 0 Å². The molecule has 3 aromatic heterocycles. The van der Waals surface area contributed by atoms with Crippen LogP contribution >= 0.6 is 0 Å². The van der Waals surface area contributed by atoms with Crippen molar-refractivity contribution < 1.29 is 4.74 Å². The Morgan fingerprint density at radius 1 is 1.20 bits per heavy atom. The zero-order valence-corrected chi connectivity index (χ0v) is 13.6. The van der Waals surface area contributed by atoms with E-state index in [9.17, 15) is 0 Å². The molecule has 1 unspecified atom stereocenters. The minimum absolute atomic E-state index is 0.0660. The number of aromatic nitrogens is 4. The second kappa shape index (κ2) is 4.83. The molecular weight excluding hydrogens is 316 g/mol. The zero-order valence-electron chi connectivity index (χ0n) is 13.6. The first-order chi connectivity index (χ1) is 12.1. The number of hydrogen-bond donors (Lipinski definition) is 2. The van der Waals surface area contributed by atoms with Crippen molar-refractivity contribution in [3.63, 3.8) is 0 Å². The smallest absolute Gasteiger partial charge is 0.222 e. The number of pyridine rings is 1. The summed E-state index contributed by atoms with van der Waals surface area (Å²) in [6.45, 7) is 2.04. The summed E-state index contributed by atoms with van der Waals surface area (Å²) in [6, 6.07) is 7.96. The van der Waals surface area contributed by atoms with Gasteiger partial charge in [0.15, 0.2) is 0 Å². The van der Waals surface area contributed by atoms with Crippen molar-refractivity contribution in [1.82, 2.24) is 19.5 Å². The van der Waals surface area contributed by atoms with Gasteiger partial charge < -0.3 is 20.8 Å². The third kappa shape index (κ3) is 1.95. The first-order valence-electron chi connectivity index (χ1n) is 8.09. The number of hydrogen-bond acceptors (Lipinski definition) is 6. The normalized spacial score (nSPS) is 16.3. The average molecular weight is 332 g/mol. The van der Waals surface area contributed by atoms with Crippen molar-refractivity contribution in [2.45, 2.75) is 19.4 Å². The molecule has 4 heterocycles. The van der Waals surface area contributed by atoms with Gasteiger partial charge in [0.2, 0.25) is 5.95 Å². The lowest BCUT2D eigenvalue weighted by molar-refractivity contribution is 0.257. The fourth-order valence-electron chi connectivity index (χ4n) is 3.58. The summed E-state index contributed by atoms with van der Waals surface area (Å²) >= 11 is 0. The van der Waals surface area contributed by atoms with Gasteiger partial charge in [-0.25, -0.2) is 4.98 Å². The summed E-state index contributed by atoms with van der Waals surface area (Å²) in [7, 11) is 0. The molecule has 0 aliphatic carbocycles. The fraction of sp³-hybridized carbons (Fsp3) is 0.167. The van der Waals surface area contributed by atoms with Crippen LogP contribution in [0.5, 0.6) is 5.75 Å². The molecule has 1 aliphatic heterocycles. The van der Waals surface area contributed by atoms with Gasteiger partial charge >= 0.3 is 0 Å². The molecular formula is C18H16N6O. The number of ether oxygens (including phenoxy) is 1. The van der Waals surface area contributed by atoms with Gasteiger partial charge in [-0.15, -0.1) is 0 Å². The van der Waals surface area contributed by atoms with Crippen LogP contribution in [0.3, 0.4) is 0 Å². The van der Waals surface area contributed by atoms with Crippen molar-refractivity contribution in [2.24, 2.45) is 0 Å².